The van der Waals surface area contributed by atoms with Crippen molar-refractivity contribution in [3.63, 3.8) is 0 Å². The molecular weight excluding hydrogens is 466 g/mol. The van der Waals surface area contributed by atoms with Gasteiger partial charge in [0.15, 0.2) is 4.80 Å². The Morgan fingerprint density at radius 3 is 2.32 bits per heavy atom. The van der Waals surface area contributed by atoms with E-state index in [4.69, 9.17) is 11.6 Å². The number of carbonyl (C=O) groups is 1. The third kappa shape index (κ3) is 4.25. The second-order valence-corrected chi connectivity index (χ2v) is 9.31. The van der Waals surface area contributed by atoms with E-state index in [0.29, 0.717) is 31.3 Å². The average Bonchev–Trinajstić information content (AvgIpc) is 3.14. The van der Waals surface area contributed by atoms with Gasteiger partial charge in [-0.25, -0.2) is 4.99 Å². The van der Waals surface area contributed by atoms with Crippen LogP contribution in [-0.2, 0) is 4.79 Å². The lowest BCUT2D eigenvalue weighted by molar-refractivity contribution is -0.113. The second kappa shape index (κ2) is 9.25. The summed E-state index contributed by atoms with van der Waals surface area (Å²) in [6.07, 6.45) is 1.85. The molecule has 0 aliphatic carbocycles. The predicted octanol–water partition coefficient (Wildman–Crippen LogP) is 4.53. The molecule has 168 valence electrons. The Morgan fingerprint density at radius 1 is 1.00 bits per heavy atom. The molecule has 0 spiro atoms. The molecule has 0 unspecified atom stereocenters. The van der Waals surface area contributed by atoms with Gasteiger partial charge in [0.2, 0.25) is 0 Å². The molecule has 1 aliphatic rings. The van der Waals surface area contributed by atoms with Crippen molar-refractivity contribution in [2.24, 2.45) is 4.99 Å². The van der Waals surface area contributed by atoms with Gasteiger partial charge < -0.3 is 5.32 Å². The minimum Gasteiger partial charge on any atom is -0.322 e. The number of rotatable bonds is 4. The molecule has 4 aromatic rings. The number of benzene rings is 3. The van der Waals surface area contributed by atoms with Crippen LogP contribution in [0, 0.1) is 0 Å². The van der Waals surface area contributed by atoms with Crippen LogP contribution in [0.3, 0.4) is 0 Å². The summed E-state index contributed by atoms with van der Waals surface area (Å²) >= 11 is 7.45. The van der Waals surface area contributed by atoms with Crippen molar-refractivity contribution in [3.8, 4) is 0 Å². The number of hydrogen-bond acceptors (Lipinski definition) is 4. The molecular formula is C27H20ClN3O2S. The minimum absolute atomic E-state index is 0.190. The number of amides is 1. The van der Waals surface area contributed by atoms with E-state index in [-0.39, 0.29) is 11.5 Å². The van der Waals surface area contributed by atoms with Crippen molar-refractivity contribution in [2.75, 3.05) is 5.32 Å². The number of aromatic nitrogens is 1. The summed E-state index contributed by atoms with van der Waals surface area (Å²) < 4.78 is 2.16. The first-order valence-electron chi connectivity index (χ1n) is 10.7. The van der Waals surface area contributed by atoms with Gasteiger partial charge in [0.1, 0.15) is 0 Å². The lowest BCUT2D eigenvalue weighted by Gasteiger charge is -2.25. The molecule has 0 saturated heterocycles. The third-order valence-corrected chi connectivity index (χ3v) is 6.82. The monoisotopic (exact) mass is 485 g/mol. The zero-order valence-electron chi connectivity index (χ0n) is 18.2. The number of allylic oxidation sites excluding steroid dienone is 1. The fourth-order valence-electron chi connectivity index (χ4n) is 3.99. The molecule has 3 aromatic carbocycles. The first kappa shape index (κ1) is 22.1. The molecule has 5 rings (SSSR count). The molecule has 34 heavy (non-hydrogen) atoms. The van der Waals surface area contributed by atoms with Gasteiger partial charge in [0, 0.05) is 10.7 Å². The van der Waals surface area contributed by atoms with Gasteiger partial charge in [-0.15, -0.1) is 0 Å². The number of anilines is 1. The fraction of sp³-hybridized carbons (Fsp3) is 0.0741. The molecule has 2 heterocycles. The number of hydrogen-bond donors (Lipinski definition) is 1. The number of thiazole rings is 1. The number of nitrogens with one attached hydrogen (secondary N) is 1. The maximum absolute atomic E-state index is 13.6. The summed E-state index contributed by atoms with van der Waals surface area (Å²) in [5.41, 5.74) is 3.18. The van der Waals surface area contributed by atoms with Crippen LogP contribution in [0.4, 0.5) is 5.69 Å². The maximum Gasteiger partial charge on any atom is 0.271 e. The van der Waals surface area contributed by atoms with Crippen LogP contribution in [0.5, 0.6) is 0 Å². The average molecular weight is 486 g/mol. The van der Waals surface area contributed by atoms with E-state index in [9.17, 15) is 9.59 Å². The Morgan fingerprint density at radius 2 is 1.65 bits per heavy atom. The van der Waals surface area contributed by atoms with Crippen molar-refractivity contribution in [1.29, 1.82) is 0 Å². The molecule has 0 fully saturated rings. The molecule has 0 bridgehead atoms. The van der Waals surface area contributed by atoms with Gasteiger partial charge in [-0.2, -0.15) is 0 Å². The first-order valence-corrected chi connectivity index (χ1v) is 11.9. The summed E-state index contributed by atoms with van der Waals surface area (Å²) in [7, 11) is 0. The molecule has 0 saturated carbocycles. The standard InChI is InChI=1S/C27H20ClN3O2S/c1-17-23(25(32)30-21-10-6-3-7-11-21)24(19-12-14-20(28)15-13-19)31-26(33)22(34-27(31)29-17)16-18-8-4-2-5-9-18/h2-16,24H,1H3,(H,30,32)/b22-16+/t24-/m0/s1. The summed E-state index contributed by atoms with van der Waals surface area (Å²) in [6.45, 7) is 1.80. The largest absolute Gasteiger partial charge is 0.322 e. The highest BCUT2D eigenvalue weighted by molar-refractivity contribution is 7.07. The molecule has 1 aromatic heterocycles. The number of nitrogens with zero attached hydrogens (tertiary/aromatic N) is 2. The van der Waals surface area contributed by atoms with Crippen LogP contribution in [-0.4, -0.2) is 10.5 Å². The highest BCUT2D eigenvalue weighted by Crippen LogP contribution is 2.31. The van der Waals surface area contributed by atoms with E-state index in [1.54, 1.807) is 23.6 Å². The van der Waals surface area contributed by atoms with Crippen molar-refractivity contribution < 1.29 is 4.79 Å². The van der Waals surface area contributed by atoms with Crippen LogP contribution >= 0.6 is 22.9 Å². The lowest BCUT2D eigenvalue weighted by atomic mass is 9.95. The topological polar surface area (TPSA) is 63.5 Å². The third-order valence-electron chi connectivity index (χ3n) is 5.58. The number of carbonyl (C=O) groups excluding carboxylic acids is 1. The number of halogens is 1. The molecule has 1 N–H and O–H groups in total. The molecule has 1 atom stereocenters. The zero-order valence-corrected chi connectivity index (χ0v) is 19.8. The molecule has 7 heteroatoms. The Hall–Kier alpha value is -3.74. The molecule has 0 radical (unpaired) electrons. The number of para-hydroxylation sites is 1. The van der Waals surface area contributed by atoms with Gasteiger partial charge in [-0.3, -0.25) is 14.2 Å². The molecule has 1 amide bonds. The summed E-state index contributed by atoms with van der Waals surface area (Å²) in [5, 5.41) is 3.53. The maximum atomic E-state index is 13.6. The predicted molar refractivity (Wildman–Crippen MR) is 137 cm³/mol. The van der Waals surface area contributed by atoms with E-state index in [1.165, 1.54) is 11.3 Å². The summed E-state index contributed by atoms with van der Waals surface area (Å²) in [4.78, 5) is 32.3. The van der Waals surface area contributed by atoms with Gasteiger partial charge in [-0.1, -0.05) is 83.6 Å². The highest BCUT2D eigenvalue weighted by atomic mass is 35.5. The Bertz CT molecular complexity index is 1570. The second-order valence-electron chi connectivity index (χ2n) is 7.86. The van der Waals surface area contributed by atoms with Crippen molar-refractivity contribution in [3.05, 3.63) is 132 Å². The van der Waals surface area contributed by atoms with E-state index in [0.717, 1.165) is 11.1 Å². The van der Waals surface area contributed by atoms with Crippen LogP contribution in [0.15, 0.2) is 106 Å². The minimum atomic E-state index is -0.629. The van der Waals surface area contributed by atoms with E-state index in [1.807, 2.05) is 78.9 Å². The van der Waals surface area contributed by atoms with Crippen molar-refractivity contribution in [1.82, 2.24) is 4.57 Å². The Labute approximate surface area is 205 Å². The normalized spacial score (nSPS) is 15.6. The van der Waals surface area contributed by atoms with Crippen LogP contribution in [0.2, 0.25) is 5.02 Å². The van der Waals surface area contributed by atoms with E-state index < -0.39 is 6.04 Å². The lowest BCUT2D eigenvalue weighted by Crippen LogP contribution is -2.40. The highest BCUT2D eigenvalue weighted by Gasteiger charge is 2.32. The molecule has 1 aliphatic heterocycles. The molecule has 5 nitrogen and oxygen atoms in total. The first-order chi connectivity index (χ1) is 16.5. The van der Waals surface area contributed by atoms with E-state index in [2.05, 4.69) is 10.3 Å². The van der Waals surface area contributed by atoms with Crippen LogP contribution < -0.4 is 20.2 Å². The summed E-state index contributed by atoms with van der Waals surface area (Å²) in [6, 6.07) is 25.5. The van der Waals surface area contributed by atoms with E-state index >= 15 is 0 Å². The van der Waals surface area contributed by atoms with Gasteiger partial charge in [-0.05, 0) is 48.4 Å². The SMILES string of the molecule is CC1=C(C(=O)Nc2ccccc2)[C@H](c2ccc(Cl)cc2)n2c(s/c(=C/c3ccccc3)c2=O)=N1. The van der Waals surface area contributed by atoms with Crippen LogP contribution in [0.25, 0.3) is 6.08 Å². The quantitative estimate of drug-likeness (QED) is 0.461. The number of fused-ring (bicyclic) bond motifs is 1. The van der Waals surface area contributed by atoms with Crippen LogP contribution in [0.1, 0.15) is 24.1 Å². The van der Waals surface area contributed by atoms with Crippen molar-refractivity contribution >= 4 is 40.6 Å². The Kier molecular flexibility index (Phi) is 6.01. The van der Waals surface area contributed by atoms with Gasteiger partial charge in [0.05, 0.1) is 21.8 Å². The fourth-order valence-corrected chi connectivity index (χ4v) is 5.17. The van der Waals surface area contributed by atoms with Gasteiger partial charge in [0.25, 0.3) is 11.5 Å². The summed E-state index contributed by atoms with van der Waals surface area (Å²) in [5.74, 6) is -0.301. The van der Waals surface area contributed by atoms with Gasteiger partial charge >= 0.3 is 0 Å². The Balaban J connectivity index is 1.68. The van der Waals surface area contributed by atoms with Crippen molar-refractivity contribution in [2.45, 2.75) is 13.0 Å². The zero-order chi connectivity index (χ0) is 23.7. The smallest absolute Gasteiger partial charge is 0.271 e.